The first kappa shape index (κ1) is 23.1. The van der Waals surface area contributed by atoms with Crippen LogP contribution in [0.1, 0.15) is 11.1 Å². The summed E-state index contributed by atoms with van der Waals surface area (Å²) in [5, 5.41) is 11.5. The van der Waals surface area contributed by atoms with Crippen LogP contribution in [-0.4, -0.2) is 56.4 Å². The summed E-state index contributed by atoms with van der Waals surface area (Å²) >= 11 is 0. The minimum absolute atomic E-state index is 0.392. The number of fused-ring (bicyclic) bond motifs is 1. The first-order chi connectivity index (χ1) is 18.3. The number of pyridine rings is 1. The van der Waals surface area contributed by atoms with Crippen molar-refractivity contribution in [2.75, 3.05) is 31.6 Å². The third kappa shape index (κ3) is 5.58. The van der Waals surface area contributed by atoms with Crippen LogP contribution in [0.5, 0.6) is 5.75 Å². The van der Waals surface area contributed by atoms with Crippen LogP contribution in [-0.2, 0) is 17.9 Å². The van der Waals surface area contributed by atoms with E-state index in [1.54, 1.807) is 18.6 Å². The quantitative estimate of drug-likeness (QED) is 0.324. The van der Waals surface area contributed by atoms with Crippen molar-refractivity contribution in [3.8, 4) is 17.0 Å². The maximum Gasteiger partial charge on any atom is 0.227 e. The van der Waals surface area contributed by atoms with E-state index < -0.39 is 0 Å². The van der Waals surface area contributed by atoms with Gasteiger partial charge in [0.1, 0.15) is 12.4 Å². The SMILES string of the molecule is c1cncc(COc2cc3nc(Nc4cccc(CN5CCOCC5)c4)ncc3cc2-c2cc[nH]n2)c1. The highest BCUT2D eigenvalue weighted by atomic mass is 16.5. The molecule has 0 aliphatic carbocycles. The zero-order valence-electron chi connectivity index (χ0n) is 20.3. The van der Waals surface area contributed by atoms with Crippen molar-refractivity contribution in [3.05, 3.63) is 90.5 Å². The van der Waals surface area contributed by atoms with Crippen molar-refractivity contribution in [3.63, 3.8) is 0 Å². The van der Waals surface area contributed by atoms with Crippen LogP contribution in [0, 0.1) is 0 Å². The van der Waals surface area contributed by atoms with E-state index in [1.807, 2.05) is 42.6 Å². The van der Waals surface area contributed by atoms with Crippen molar-refractivity contribution in [1.29, 1.82) is 0 Å². The number of benzene rings is 2. The molecule has 9 nitrogen and oxygen atoms in total. The molecule has 9 heteroatoms. The molecule has 37 heavy (non-hydrogen) atoms. The number of nitrogens with zero attached hydrogens (tertiary/aromatic N) is 5. The maximum atomic E-state index is 6.21. The molecule has 4 heterocycles. The highest BCUT2D eigenvalue weighted by molar-refractivity contribution is 5.87. The van der Waals surface area contributed by atoms with Crippen molar-refractivity contribution in [2.24, 2.45) is 0 Å². The van der Waals surface area contributed by atoms with Crippen LogP contribution < -0.4 is 10.1 Å². The van der Waals surface area contributed by atoms with Gasteiger partial charge >= 0.3 is 0 Å². The molecule has 1 aliphatic rings. The fraction of sp³-hybridized carbons (Fsp3) is 0.214. The second-order valence-corrected chi connectivity index (χ2v) is 8.92. The Balaban J connectivity index is 1.25. The van der Waals surface area contributed by atoms with Crippen LogP contribution in [0.2, 0.25) is 0 Å². The average Bonchev–Trinajstić information content (AvgIpc) is 3.48. The summed E-state index contributed by atoms with van der Waals surface area (Å²) in [6.45, 7) is 4.78. The standard InChI is InChI=1S/C28H27N7O2/c1-3-20(18-35-9-11-36-12-10-35)13-23(5-1)32-28-30-17-22-14-24(25-6-8-31-34-25)27(15-26(22)33-28)37-19-21-4-2-7-29-16-21/h1-8,13-17H,9-12,18-19H2,(H,31,34)(H,30,32,33). The van der Waals surface area contributed by atoms with Gasteiger partial charge in [0, 0.05) is 72.7 Å². The summed E-state index contributed by atoms with van der Waals surface area (Å²) in [7, 11) is 0. The van der Waals surface area contributed by atoms with E-state index in [2.05, 4.69) is 48.6 Å². The zero-order valence-corrected chi connectivity index (χ0v) is 20.3. The first-order valence-electron chi connectivity index (χ1n) is 12.3. The molecule has 0 saturated carbocycles. The van der Waals surface area contributed by atoms with Crippen LogP contribution in [0.3, 0.4) is 0 Å². The van der Waals surface area contributed by atoms with E-state index in [9.17, 15) is 0 Å². The Hall–Kier alpha value is -4.34. The minimum atomic E-state index is 0.392. The molecule has 5 aromatic rings. The summed E-state index contributed by atoms with van der Waals surface area (Å²) < 4.78 is 11.7. The Bertz CT molecular complexity index is 1470. The lowest BCUT2D eigenvalue weighted by molar-refractivity contribution is 0.0342. The van der Waals surface area contributed by atoms with Crippen molar-refractivity contribution in [1.82, 2.24) is 30.0 Å². The van der Waals surface area contributed by atoms with Gasteiger partial charge in [0.05, 0.1) is 24.4 Å². The Kier molecular flexibility index (Phi) is 6.70. The average molecular weight is 494 g/mol. The van der Waals surface area contributed by atoms with Gasteiger partial charge in [-0.25, -0.2) is 9.97 Å². The highest BCUT2D eigenvalue weighted by Crippen LogP contribution is 2.33. The summed E-state index contributed by atoms with van der Waals surface area (Å²) in [6, 6.07) is 18.1. The van der Waals surface area contributed by atoms with Crippen molar-refractivity contribution in [2.45, 2.75) is 13.2 Å². The number of nitrogens with one attached hydrogen (secondary N) is 2. The molecule has 1 aliphatic heterocycles. The summed E-state index contributed by atoms with van der Waals surface area (Å²) in [4.78, 5) is 15.9. The van der Waals surface area contributed by atoms with Gasteiger partial charge in [0.15, 0.2) is 0 Å². The Morgan fingerprint density at radius 1 is 1.00 bits per heavy atom. The third-order valence-corrected chi connectivity index (χ3v) is 6.27. The second kappa shape index (κ2) is 10.7. The topological polar surface area (TPSA) is 101 Å². The lowest BCUT2D eigenvalue weighted by Gasteiger charge is -2.26. The minimum Gasteiger partial charge on any atom is -0.488 e. The van der Waals surface area contributed by atoms with E-state index in [4.69, 9.17) is 14.5 Å². The molecule has 0 bridgehead atoms. The molecule has 2 aromatic carbocycles. The number of anilines is 2. The summed E-state index contributed by atoms with van der Waals surface area (Å²) in [5.41, 5.74) is 5.62. The number of aromatic amines is 1. The molecule has 0 atom stereocenters. The molecule has 0 radical (unpaired) electrons. The maximum absolute atomic E-state index is 6.21. The predicted octanol–water partition coefficient (Wildman–Crippen LogP) is 4.57. The molecule has 2 N–H and O–H groups in total. The van der Waals surface area contributed by atoms with E-state index in [0.29, 0.717) is 18.3 Å². The smallest absolute Gasteiger partial charge is 0.227 e. The summed E-state index contributed by atoms with van der Waals surface area (Å²) in [6.07, 6.45) is 7.16. The normalized spacial score (nSPS) is 14.1. The lowest BCUT2D eigenvalue weighted by Crippen LogP contribution is -2.35. The Labute approximate surface area is 214 Å². The molecule has 0 unspecified atom stereocenters. The van der Waals surface area contributed by atoms with E-state index >= 15 is 0 Å². The lowest BCUT2D eigenvalue weighted by atomic mass is 10.1. The molecule has 0 amide bonds. The summed E-state index contributed by atoms with van der Waals surface area (Å²) in [5.74, 6) is 1.22. The van der Waals surface area contributed by atoms with Gasteiger partial charge in [-0.2, -0.15) is 5.10 Å². The molecule has 1 saturated heterocycles. The first-order valence-corrected chi connectivity index (χ1v) is 12.3. The number of hydrogen-bond acceptors (Lipinski definition) is 8. The van der Waals surface area contributed by atoms with E-state index in [1.165, 1.54) is 5.56 Å². The monoisotopic (exact) mass is 493 g/mol. The number of ether oxygens (including phenoxy) is 2. The van der Waals surface area contributed by atoms with Gasteiger partial charge in [-0.1, -0.05) is 18.2 Å². The van der Waals surface area contributed by atoms with Gasteiger partial charge in [-0.15, -0.1) is 0 Å². The van der Waals surface area contributed by atoms with Crippen LogP contribution in [0.15, 0.2) is 79.4 Å². The van der Waals surface area contributed by atoms with E-state index in [0.717, 1.165) is 66.3 Å². The van der Waals surface area contributed by atoms with Crippen LogP contribution in [0.4, 0.5) is 11.6 Å². The molecule has 6 rings (SSSR count). The van der Waals surface area contributed by atoms with E-state index in [-0.39, 0.29) is 0 Å². The highest BCUT2D eigenvalue weighted by Gasteiger charge is 2.14. The van der Waals surface area contributed by atoms with Gasteiger partial charge in [0.2, 0.25) is 5.95 Å². The van der Waals surface area contributed by atoms with Crippen molar-refractivity contribution >= 4 is 22.5 Å². The molecular weight excluding hydrogens is 466 g/mol. The molecule has 1 fully saturated rings. The second-order valence-electron chi connectivity index (χ2n) is 8.92. The third-order valence-electron chi connectivity index (χ3n) is 6.27. The number of H-pyrrole nitrogens is 1. The molecule has 3 aromatic heterocycles. The molecule has 0 spiro atoms. The largest absolute Gasteiger partial charge is 0.488 e. The number of aromatic nitrogens is 5. The number of hydrogen-bond donors (Lipinski definition) is 2. The predicted molar refractivity (Wildman–Crippen MR) is 142 cm³/mol. The molecule has 186 valence electrons. The fourth-order valence-electron chi connectivity index (χ4n) is 4.39. The van der Waals surface area contributed by atoms with Gasteiger partial charge in [0.25, 0.3) is 0 Å². The Morgan fingerprint density at radius 3 is 2.76 bits per heavy atom. The molecular formula is C28H27N7O2. The van der Waals surface area contributed by atoms with Gasteiger partial charge < -0.3 is 14.8 Å². The number of rotatable bonds is 8. The van der Waals surface area contributed by atoms with Gasteiger partial charge in [-0.05, 0) is 35.9 Å². The van der Waals surface area contributed by atoms with Crippen LogP contribution >= 0.6 is 0 Å². The number of morpholine rings is 1. The zero-order chi connectivity index (χ0) is 24.9. The van der Waals surface area contributed by atoms with Gasteiger partial charge in [-0.3, -0.25) is 15.0 Å². The van der Waals surface area contributed by atoms with Crippen LogP contribution in [0.25, 0.3) is 22.2 Å². The Morgan fingerprint density at radius 2 is 1.92 bits per heavy atom. The fourth-order valence-corrected chi connectivity index (χ4v) is 4.39. The van der Waals surface area contributed by atoms with Crippen molar-refractivity contribution < 1.29 is 9.47 Å².